The lowest BCUT2D eigenvalue weighted by Crippen LogP contribution is -2.09. The van der Waals surface area contributed by atoms with Crippen molar-refractivity contribution >= 4 is 39.2 Å². The molecule has 45 heavy (non-hydrogen) atoms. The molecule has 0 saturated heterocycles. The van der Waals surface area contributed by atoms with Gasteiger partial charge in [0.25, 0.3) is 0 Å². The fourth-order valence-corrected chi connectivity index (χ4v) is 5.70. The summed E-state index contributed by atoms with van der Waals surface area (Å²) >= 11 is 0. The van der Waals surface area contributed by atoms with E-state index in [1.165, 1.54) is 0 Å². The van der Waals surface area contributed by atoms with Gasteiger partial charge in [0.2, 0.25) is 5.89 Å². The number of oxazole rings is 1. The van der Waals surface area contributed by atoms with E-state index < -0.39 is 0 Å². The minimum absolute atomic E-state index is 0.614. The van der Waals surface area contributed by atoms with Crippen LogP contribution in [0.3, 0.4) is 0 Å². The number of para-hydroxylation sites is 3. The molecule has 2 aromatic heterocycles. The molecule has 2 heterocycles. The lowest BCUT2D eigenvalue weighted by atomic mass is 10.0. The van der Waals surface area contributed by atoms with E-state index in [4.69, 9.17) is 19.4 Å². The molecular weight excluding hydrogens is 552 g/mol. The Hall–Kier alpha value is -6.07. The summed E-state index contributed by atoms with van der Waals surface area (Å²) in [6.07, 6.45) is 0. The van der Waals surface area contributed by atoms with Crippen molar-refractivity contribution in [2.45, 2.75) is 6.92 Å². The average molecular weight is 581 g/mol. The smallest absolute Gasteiger partial charge is 0.227 e. The zero-order valence-electron chi connectivity index (χ0n) is 24.6. The zero-order chi connectivity index (χ0) is 30.2. The average Bonchev–Trinajstić information content (AvgIpc) is 3.53. The van der Waals surface area contributed by atoms with E-state index in [0.29, 0.717) is 5.89 Å². The third-order valence-corrected chi connectivity index (χ3v) is 7.95. The first-order chi connectivity index (χ1) is 22.2. The molecule has 6 aromatic carbocycles. The summed E-state index contributed by atoms with van der Waals surface area (Å²) in [6, 6.07) is 51.6. The molecule has 0 spiro atoms. The second-order valence-corrected chi connectivity index (χ2v) is 11.0. The number of rotatable bonds is 6. The molecule has 0 amide bonds. The number of aromatic nitrogens is 3. The molecule has 5 nitrogen and oxygen atoms in total. The maximum atomic E-state index is 6.09. The van der Waals surface area contributed by atoms with Gasteiger partial charge in [0.15, 0.2) is 5.58 Å². The Labute approximate surface area is 261 Å². The monoisotopic (exact) mass is 580 g/mol. The number of benzene rings is 6. The van der Waals surface area contributed by atoms with Crippen LogP contribution in [0.1, 0.15) is 5.56 Å². The topological polar surface area (TPSA) is 55.1 Å². The summed E-state index contributed by atoms with van der Waals surface area (Å²) in [5.41, 5.74) is 12.4. The second-order valence-electron chi connectivity index (χ2n) is 11.0. The molecule has 0 radical (unpaired) electrons. The van der Waals surface area contributed by atoms with Crippen LogP contribution in [-0.2, 0) is 0 Å². The molecule has 5 heteroatoms. The van der Waals surface area contributed by atoms with Crippen LogP contribution in [0, 0.1) is 6.92 Å². The van der Waals surface area contributed by atoms with Crippen molar-refractivity contribution in [2.75, 3.05) is 4.90 Å². The van der Waals surface area contributed by atoms with Crippen LogP contribution in [0.15, 0.2) is 156 Å². The maximum absolute atomic E-state index is 6.09. The van der Waals surface area contributed by atoms with E-state index >= 15 is 0 Å². The normalized spacial score (nSPS) is 11.2. The van der Waals surface area contributed by atoms with Crippen molar-refractivity contribution in [1.82, 2.24) is 15.0 Å². The van der Waals surface area contributed by atoms with Crippen molar-refractivity contribution in [3.05, 3.63) is 157 Å². The number of anilines is 3. The van der Waals surface area contributed by atoms with Gasteiger partial charge in [-0.25, -0.2) is 15.0 Å². The highest BCUT2D eigenvalue weighted by Gasteiger charge is 2.17. The van der Waals surface area contributed by atoms with Gasteiger partial charge in [-0.05, 0) is 85.3 Å². The molecule has 0 aliphatic heterocycles. The van der Waals surface area contributed by atoms with Crippen molar-refractivity contribution in [2.24, 2.45) is 0 Å². The number of nitrogens with zero attached hydrogens (tertiary/aromatic N) is 4. The minimum Gasteiger partial charge on any atom is -0.436 e. The van der Waals surface area contributed by atoms with E-state index in [1.807, 2.05) is 60.7 Å². The van der Waals surface area contributed by atoms with Crippen LogP contribution in [0.25, 0.3) is 56.1 Å². The van der Waals surface area contributed by atoms with Gasteiger partial charge in [-0.15, -0.1) is 0 Å². The predicted molar refractivity (Wildman–Crippen MR) is 183 cm³/mol. The molecule has 0 aliphatic rings. The van der Waals surface area contributed by atoms with E-state index in [0.717, 1.165) is 72.8 Å². The van der Waals surface area contributed by atoms with Crippen molar-refractivity contribution < 1.29 is 4.42 Å². The van der Waals surface area contributed by atoms with Gasteiger partial charge in [0.1, 0.15) is 5.52 Å². The third-order valence-electron chi connectivity index (χ3n) is 7.95. The van der Waals surface area contributed by atoms with Crippen LogP contribution < -0.4 is 4.90 Å². The predicted octanol–water partition coefficient (Wildman–Crippen LogP) is 10.6. The molecule has 0 bridgehead atoms. The highest BCUT2D eigenvalue weighted by molar-refractivity contribution is 5.87. The zero-order valence-corrected chi connectivity index (χ0v) is 24.6. The van der Waals surface area contributed by atoms with Crippen molar-refractivity contribution in [1.29, 1.82) is 0 Å². The summed E-state index contributed by atoms with van der Waals surface area (Å²) in [5.74, 6) is 0.614. The van der Waals surface area contributed by atoms with Gasteiger partial charge in [-0.3, -0.25) is 0 Å². The van der Waals surface area contributed by atoms with E-state index in [1.54, 1.807) is 0 Å². The Bertz CT molecular complexity index is 2260. The molecular formula is C40H28N4O. The quantitative estimate of drug-likeness (QED) is 0.196. The van der Waals surface area contributed by atoms with Crippen molar-refractivity contribution in [3.8, 4) is 34.0 Å². The summed E-state index contributed by atoms with van der Waals surface area (Å²) in [5, 5.41) is 0. The van der Waals surface area contributed by atoms with Gasteiger partial charge >= 0.3 is 0 Å². The van der Waals surface area contributed by atoms with Gasteiger partial charge in [0, 0.05) is 33.8 Å². The molecule has 0 fully saturated rings. The molecule has 8 rings (SSSR count). The standard InChI is InChI=1S/C40H28N4O/c1-27-16-25-36-37(26-27)45-40(43-36)30-19-23-33(24-20-30)44(31-12-6-3-7-13-31)32-21-17-29(18-22-32)39-38(28-10-4-2-5-11-28)41-34-14-8-9-15-35(34)42-39/h2-26H,1H3. The maximum Gasteiger partial charge on any atom is 0.227 e. The van der Waals surface area contributed by atoms with E-state index in [2.05, 4.69) is 103 Å². The Morgan fingerprint density at radius 1 is 0.444 bits per heavy atom. The number of aryl methyl sites for hydroxylation is 1. The Balaban J connectivity index is 1.18. The minimum atomic E-state index is 0.614. The van der Waals surface area contributed by atoms with Crippen LogP contribution in [0.2, 0.25) is 0 Å². The van der Waals surface area contributed by atoms with Crippen LogP contribution in [-0.4, -0.2) is 15.0 Å². The highest BCUT2D eigenvalue weighted by atomic mass is 16.3. The first kappa shape index (κ1) is 26.5. The lowest BCUT2D eigenvalue weighted by Gasteiger charge is -2.25. The SMILES string of the molecule is Cc1ccc2nc(-c3ccc(N(c4ccccc4)c4ccc(-c5nc6ccccc6nc5-c5ccccc5)cc4)cc3)oc2c1. The highest BCUT2D eigenvalue weighted by Crippen LogP contribution is 2.38. The molecule has 214 valence electrons. The molecule has 0 aliphatic carbocycles. The molecule has 8 aromatic rings. The van der Waals surface area contributed by atoms with Gasteiger partial charge in [0.05, 0.1) is 22.4 Å². The first-order valence-corrected chi connectivity index (χ1v) is 15.0. The number of fused-ring (bicyclic) bond motifs is 2. The summed E-state index contributed by atoms with van der Waals surface area (Å²) in [6.45, 7) is 2.05. The van der Waals surface area contributed by atoms with E-state index in [9.17, 15) is 0 Å². The summed E-state index contributed by atoms with van der Waals surface area (Å²) in [7, 11) is 0. The number of hydrogen-bond donors (Lipinski definition) is 0. The van der Waals surface area contributed by atoms with Gasteiger partial charge < -0.3 is 9.32 Å². The molecule has 0 unspecified atom stereocenters. The van der Waals surface area contributed by atoms with E-state index in [-0.39, 0.29) is 0 Å². The Kier molecular flexibility index (Phi) is 6.61. The fraction of sp³-hybridized carbons (Fsp3) is 0.0250. The fourth-order valence-electron chi connectivity index (χ4n) is 5.70. The van der Waals surface area contributed by atoms with Gasteiger partial charge in [-0.2, -0.15) is 0 Å². The third kappa shape index (κ3) is 5.11. The molecule has 0 atom stereocenters. The molecule has 0 N–H and O–H groups in total. The number of hydrogen-bond acceptors (Lipinski definition) is 5. The van der Waals surface area contributed by atoms with Crippen molar-refractivity contribution in [3.63, 3.8) is 0 Å². The van der Waals surface area contributed by atoms with Gasteiger partial charge in [-0.1, -0.05) is 78.9 Å². The van der Waals surface area contributed by atoms with Crippen LogP contribution in [0.5, 0.6) is 0 Å². The Morgan fingerprint density at radius 2 is 0.956 bits per heavy atom. The van der Waals surface area contributed by atoms with Crippen LogP contribution >= 0.6 is 0 Å². The Morgan fingerprint density at radius 3 is 1.58 bits per heavy atom. The molecule has 0 saturated carbocycles. The van der Waals surface area contributed by atoms with Crippen LogP contribution in [0.4, 0.5) is 17.1 Å². The second kappa shape index (κ2) is 11.2. The first-order valence-electron chi connectivity index (χ1n) is 15.0. The largest absolute Gasteiger partial charge is 0.436 e. The lowest BCUT2D eigenvalue weighted by molar-refractivity contribution is 0.619. The summed E-state index contributed by atoms with van der Waals surface area (Å²) < 4.78 is 6.09. The summed E-state index contributed by atoms with van der Waals surface area (Å²) in [4.78, 5) is 17.1.